The Labute approximate surface area is 154 Å². The third-order valence-electron chi connectivity index (χ3n) is 3.72. The van der Waals surface area contributed by atoms with Gasteiger partial charge in [-0.3, -0.25) is 0 Å². The van der Waals surface area contributed by atoms with Crippen molar-refractivity contribution in [1.29, 1.82) is 0 Å². The molecule has 0 saturated carbocycles. The summed E-state index contributed by atoms with van der Waals surface area (Å²) in [4.78, 5) is 0.268. The molecule has 3 nitrogen and oxygen atoms in total. The fourth-order valence-corrected chi connectivity index (χ4v) is 3.59. The maximum atomic E-state index is 12.3. The van der Waals surface area contributed by atoms with Crippen LogP contribution in [0.1, 0.15) is 31.9 Å². The van der Waals surface area contributed by atoms with Crippen LogP contribution >= 0.6 is 23.2 Å². The topological polar surface area (TPSA) is 46.2 Å². The summed E-state index contributed by atoms with van der Waals surface area (Å²) in [6.07, 6.45) is 0.538. The first-order valence-corrected chi connectivity index (χ1v) is 9.88. The molecule has 2 rings (SSSR count). The second-order valence-electron chi connectivity index (χ2n) is 6.67. The van der Waals surface area contributed by atoms with E-state index < -0.39 is 10.0 Å². The molecule has 0 heterocycles. The highest BCUT2D eigenvalue weighted by atomic mass is 35.5. The number of sulfonamides is 1. The first-order chi connectivity index (χ1) is 11.1. The summed E-state index contributed by atoms with van der Waals surface area (Å²) < 4.78 is 27.3. The zero-order valence-corrected chi connectivity index (χ0v) is 16.3. The second kappa shape index (κ2) is 7.44. The Morgan fingerprint density at radius 3 is 2.12 bits per heavy atom. The van der Waals surface area contributed by atoms with E-state index in [1.807, 2.05) is 18.2 Å². The van der Waals surface area contributed by atoms with Gasteiger partial charge in [-0.2, -0.15) is 0 Å². The quantitative estimate of drug-likeness (QED) is 0.802. The third-order valence-corrected chi connectivity index (χ3v) is 5.94. The predicted octanol–water partition coefficient (Wildman–Crippen LogP) is 4.81. The fraction of sp³-hybridized carbons (Fsp3) is 0.333. The summed E-state index contributed by atoms with van der Waals surface area (Å²) >= 11 is 11.8. The van der Waals surface area contributed by atoms with Crippen LogP contribution in [0.25, 0.3) is 0 Å². The van der Waals surface area contributed by atoms with E-state index in [2.05, 4.69) is 25.5 Å². The molecule has 1 N–H and O–H groups in total. The summed E-state index contributed by atoms with van der Waals surface area (Å²) in [6.45, 7) is 6.56. The van der Waals surface area contributed by atoms with E-state index >= 15 is 0 Å². The lowest BCUT2D eigenvalue weighted by atomic mass is 9.87. The number of benzene rings is 2. The van der Waals surface area contributed by atoms with Crippen molar-refractivity contribution < 1.29 is 8.42 Å². The van der Waals surface area contributed by atoms with Gasteiger partial charge in [0, 0.05) is 6.54 Å². The number of nitrogens with one attached hydrogen (secondary N) is 1. The minimum Gasteiger partial charge on any atom is -0.211 e. The van der Waals surface area contributed by atoms with Crippen molar-refractivity contribution in [3.63, 3.8) is 0 Å². The van der Waals surface area contributed by atoms with Gasteiger partial charge in [0.25, 0.3) is 0 Å². The van der Waals surface area contributed by atoms with Crippen LogP contribution in [0, 0.1) is 0 Å². The first-order valence-electron chi connectivity index (χ1n) is 7.64. The Balaban J connectivity index is 2.02. The molecule has 0 aliphatic rings. The molecule has 24 heavy (non-hydrogen) atoms. The standard InChI is InChI=1S/C18H21Cl2NO2S/c1-18(2,3)14-5-7-15(8-6-14)24(22,23)21-11-10-13-4-9-16(19)17(20)12-13/h4-9,12,21H,10-11H2,1-3H3. The fourth-order valence-electron chi connectivity index (χ4n) is 2.24. The molecule has 0 unspecified atom stereocenters. The summed E-state index contributed by atoms with van der Waals surface area (Å²) in [6, 6.07) is 12.3. The molecule has 0 radical (unpaired) electrons. The van der Waals surface area contributed by atoms with Crippen molar-refractivity contribution >= 4 is 33.2 Å². The molecule has 0 amide bonds. The van der Waals surface area contributed by atoms with Crippen molar-refractivity contribution in [2.45, 2.75) is 37.5 Å². The van der Waals surface area contributed by atoms with Crippen molar-refractivity contribution in [2.75, 3.05) is 6.54 Å². The van der Waals surface area contributed by atoms with Gasteiger partial charge < -0.3 is 0 Å². The molecule has 2 aromatic rings. The van der Waals surface area contributed by atoms with E-state index in [-0.39, 0.29) is 10.3 Å². The Kier molecular flexibility index (Phi) is 5.97. The van der Waals surface area contributed by atoms with E-state index in [0.717, 1.165) is 11.1 Å². The molecular weight excluding hydrogens is 365 g/mol. The third kappa shape index (κ3) is 4.96. The maximum absolute atomic E-state index is 12.3. The highest BCUT2D eigenvalue weighted by molar-refractivity contribution is 7.89. The first kappa shape index (κ1) is 19.3. The molecule has 0 bridgehead atoms. The number of rotatable bonds is 5. The van der Waals surface area contributed by atoms with E-state index in [0.29, 0.717) is 23.0 Å². The van der Waals surface area contributed by atoms with E-state index in [1.54, 1.807) is 24.3 Å². The van der Waals surface area contributed by atoms with Crippen LogP contribution in [-0.2, 0) is 21.9 Å². The number of halogens is 2. The van der Waals surface area contributed by atoms with Crippen molar-refractivity contribution in [3.05, 3.63) is 63.6 Å². The highest BCUT2D eigenvalue weighted by Gasteiger charge is 2.17. The summed E-state index contributed by atoms with van der Waals surface area (Å²) in [5.41, 5.74) is 2.01. The lowest BCUT2D eigenvalue weighted by Gasteiger charge is -2.19. The van der Waals surface area contributed by atoms with Crippen LogP contribution in [0.2, 0.25) is 10.0 Å². The normalized spacial score (nSPS) is 12.4. The van der Waals surface area contributed by atoms with Crippen LogP contribution in [0.4, 0.5) is 0 Å². The zero-order valence-electron chi connectivity index (χ0n) is 13.9. The van der Waals surface area contributed by atoms with Crippen LogP contribution in [0.15, 0.2) is 47.4 Å². The van der Waals surface area contributed by atoms with Gasteiger partial charge in [-0.1, -0.05) is 62.2 Å². The molecule has 0 spiro atoms. The molecule has 2 aromatic carbocycles. The van der Waals surface area contributed by atoms with Crippen molar-refractivity contribution in [3.8, 4) is 0 Å². The lowest BCUT2D eigenvalue weighted by Crippen LogP contribution is -2.26. The summed E-state index contributed by atoms with van der Waals surface area (Å²) in [7, 11) is -3.52. The van der Waals surface area contributed by atoms with Gasteiger partial charge in [-0.25, -0.2) is 13.1 Å². The Bertz CT molecular complexity index is 810. The average molecular weight is 386 g/mol. The molecule has 0 aliphatic carbocycles. The summed E-state index contributed by atoms with van der Waals surface area (Å²) in [5, 5.41) is 0.953. The Hall–Kier alpha value is -1.07. The molecule has 0 aliphatic heterocycles. The second-order valence-corrected chi connectivity index (χ2v) is 9.25. The maximum Gasteiger partial charge on any atom is 0.240 e. The molecule has 0 fully saturated rings. The summed E-state index contributed by atoms with van der Waals surface area (Å²) in [5.74, 6) is 0. The smallest absolute Gasteiger partial charge is 0.211 e. The minimum atomic E-state index is -3.52. The van der Waals surface area contributed by atoms with Gasteiger partial charge in [0.1, 0.15) is 0 Å². The van der Waals surface area contributed by atoms with Gasteiger partial charge in [0.05, 0.1) is 14.9 Å². The molecule has 6 heteroatoms. The van der Waals surface area contributed by atoms with Crippen LogP contribution in [0.3, 0.4) is 0 Å². The van der Waals surface area contributed by atoms with Crippen molar-refractivity contribution in [2.24, 2.45) is 0 Å². The molecular formula is C18H21Cl2NO2S. The molecule has 0 saturated heterocycles. The average Bonchev–Trinajstić information content (AvgIpc) is 2.50. The van der Waals surface area contributed by atoms with Gasteiger partial charge in [0.2, 0.25) is 10.0 Å². The minimum absolute atomic E-state index is 0.0103. The highest BCUT2D eigenvalue weighted by Crippen LogP contribution is 2.24. The zero-order chi connectivity index (χ0) is 18.0. The SMILES string of the molecule is CC(C)(C)c1ccc(S(=O)(=O)NCCc2ccc(Cl)c(Cl)c2)cc1. The Morgan fingerprint density at radius 2 is 1.58 bits per heavy atom. The number of hydrogen-bond donors (Lipinski definition) is 1. The van der Waals surface area contributed by atoms with Gasteiger partial charge >= 0.3 is 0 Å². The monoisotopic (exact) mass is 385 g/mol. The van der Waals surface area contributed by atoms with Crippen LogP contribution < -0.4 is 4.72 Å². The number of hydrogen-bond acceptors (Lipinski definition) is 2. The van der Waals surface area contributed by atoms with Gasteiger partial charge in [-0.15, -0.1) is 0 Å². The molecule has 0 aromatic heterocycles. The predicted molar refractivity (Wildman–Crippen MR) is 100 cm³/mol. The van der Waals surface area contributed by atoms with Gasteiger partial charge in [0.15, 0.2) is 0 Å². The van der Waals surface area contributed by atoms with Gasteiger partial charge in [-0.05, 0) is 47.2 Å². The lowest BCUT2D eigenvalue weighted by molar-refractivity contribution is 0.578. The molecule has 130 valence electrons. The van der Waals surface area contributed by atoms with E-state index in [9.17, 15) is 8.42 Å². The van der Waals surface area contributed by atoms with E-state index in [4.69, 9.17) is 23.2 Å². The van der Waals surface area contributed by atoms with Crippen LogP contribution in [-0.4, -0.2) is 15.0 Å². The molecule has 0 atom stereocenters. The van der Waals surface area contributed by atoms with Crippen LogP contribution in [0.5, 0.6) is 0 Å². The van der Waals surface area contributed by atoms with E-state index in [1.165, 1.54) is 0 Å². The van der Waals surface area contributed by atoms with Crippen molar-refractivity contribution in [1.82, 2.24) is 4.72 Å². The Morgan fingerprint density at radius 1 is 0.958 bits per heavy atom. The largest absolute Gasteiger partial charge is 0.240 e.